The van der Waals surface area contributed by atoms with Crippen molar-refractivity contribution in [3.8, 4) is 17.1 Å². The molecule has 2 N–H and O–H groups in total. The van der Waals surface area contributed by atoms with Gasteiger partial charge in [0, 0.05) is 17.8 Å². The molecule has 4 aromatic rings. The van der Waals surface area contributed by atoms with Crippen LogP contribution in [0, 0.1) is 6.92 Å². The van der Waals surface area contributed by atoms with Crippen LogP contribution in [0.25, 0.3) is 28.5 Å². The smallest absolute Gasteiger partial charge is 0.213 e. The number of aromatic amines is 1. The van der Waals surface area contributed by atoms with E-state index in [0.717, 1.165) is 28.0 Å². The summed E-state index contributed by atoms with van der Waals surface area (Å²) in [6.45, 7) is 5.67. The van der Waals surface area contributed by atoms with Gasteiger partial charge in [0.05, 0.1) is 25.3 Å². The molecule has 0 radical (unpaired) electrons. The number of H-pyrrole nitrogens is 1. The van der Waals surface area contributed by atoms with Gasteiger partial charge in [0.1, 0.15) is 22.9 Å². The van der Waals surface area contributed by atoms with E-state index in [-0.39, 0.29) is 0 Å². The minimum atomic E-state index is 0.543. The van der Waals surface area contributed by atoms with Gasteiger partial charge in [0.2, 0.25) is 5.88 Å². The van der Waals surface area contributed by atoms with Crippen LogP contribution in [0.4, 0.5) is 11.5 Å². The second-order valence-corrected chi connectivity index (χ2v) is 5.80. The Kier molecular flexibility index (Phi) is 4.21. The first-order valence-corrected chi connectivity index (χ1v) is 8.25. The molecule has 0 aliphatic heterocycles. The van der Waals surface area contributed by atoms with Crippen molar-refractivity contribution >= 4 is 28.7 Å². The summed E-state index contributed by atoms with van der Waals surface area (Å²) in [5.41, 5.74) is 4.55. The standard InChI is InChI=1S/C19H17N7O/c1-4-12-7-14(16-17-19(23-10-22-17)25-11(2)24-16)18(21-8-12)26-13-5-6-15(27-3)20-9-13/h4-10H,1H2,2-3H3,(H,21,26)(H,22,23,24,25). The van der Waals surface area contributed by atoms with E-state index >= 15 is 0 Å². The quantitative estimate of drug-likeness (QED) is 0.562. The number of aromatic nitrogens is 6. The minimum absolute atomic E-state index is 0.543. The Morgan fingerprint density at radius 3 is 2.78 bits per heavy atom. The number of ether oxygens (including phenoxy) is 1. The molecule has 4 aromatic heterocycles. The van der Waals surface area contributed by atoms with Crippen molar-refractivity contribution < 1.29 is 4.74 Å². The molecular weight excluding hydrogens is 342 g/mol. The van der Waals surface area contributed by atoms with Gasteiger partial charge in [-0.3, -0.25) is 0 Å². The molecule has 0 aliphatic carbocycles. The third-order valence-electron chi connectivity index (χ3n) is 4.01. The lowest BCUT2D eigenvalue weighted by Crippen LogP contribution is -2.01. The summed E-state index contributed by atoms with van der Waals surface area (Å²) in [7, 11) is 1.58. The average Bonchev–Trinajstić information content (AvgIpc) is 3.16. The Bertz CT molecular complexity index is 1120. The average molecular weight is 359 g/mol. The summed E-state index contributed by atoms with van der Waals surface area (Å²) in [6, 6.07) is 5.62. The van der Waals surface area contributed by atoms with Crippen LogP contribution >= 0.6 is 0 Å². The minimum Gasteiger partial charge on any atom is -0.481 e. The van der Waals surface area contributed by atoms with Crippen molar-refractivity contribution in [1.29, 1.82) is 0 Å². The highest BCUT2D eigenvalue weighted by Crippen LogP contribution is 2.32. The van der Waals surface area contributed by atoms with E-state index in [9.17, 15) is 0 Å². The molecule has 0 bridgehead atoms. The summed E-state index contributed by atoms with van der Waals surface area (Å²) < 4.78 is 5.10. The van der Waals surface area contributed by atoms with Crippen LogP contribution in [0.15, 0.2) is 43.5 Å². The van der Waals surface area contributed by atoms with E-state index in [2.05, 4.69) is 41.8 Å². The fourth-order valence-electron chi connectivity index (χ4n) is 2.72. The van der Waals surface area contributed by atoms with Crippen LogP contribution in [-0.2, 0) is 0 Å². The zero-order chi connectivity index (χ0) is 18.8. The summed E-state index contributed by atoms with van der Waals surface area (Å²) in [6.07, 6.45) is 6.78. The lowest BCUT2D eigenvalue weighted by Gasteiger charge is -2.12. The lowest BCUT2D eigenvalue weighted by molar-refractivity contribution is 0.398. The molecule has 8 heteroatoms. The fourth-order valence-corrected chi connectivity index (χ4v) is 2.72. The number of nitrogens with zero attached hydrogens (tertiary/aromatic N) is 5. The predicted octanol–water partition coefficient (Wildman–Crippen LogP) is 3.51. The summed E-state index contributed by atoms with van der Waals surface area (Å²) in [5, 5.41) is 3.29. The van der Waals surface area contributed by atoms with Gasteiger partial charge in [-0.1, -0.05) is 12.7 Å². The second kappa shape index (κ2) is 6.83. The van der Waals surface area contributed by atoms with Crippen LogP contribution in [0.3, 0.4) is 0 Å². The highest BCUT2D eigenvalue weighted by atomic mass is 16.5. The van der Waals surface area contributed by atoms with Crippen molar-refractivity contribution in [1.82, 2.24) is 29.9 Å². The van der Waals surface area contributed by atoms with E-state index in [1.54, 1.807) is 38.0 Å². The molecule has 0 aromatic carbocycles. The van der Waals surface area contributed by atoms with Crippen LogP contribution in [0.2, 0.25) is 0 Å². The highest BCUT2D eigenvalue weighted by molar-refractivity contribution is 5.92. The Balaban J connectivity index is 1.85. The van der Waals surface area contributed by atoms with E-state index in [1.807, 2.05) is 19.1 Å². The van der Waals surface area contributed by atoms with Gasteiger partial charge >= 0.3 is 0 Å². The Hall–Kier alpha value is -3.81. The van der Waals surface area contributed by atoms with Gasteiger partial charge in [-0.05, 0) is 24.6 Å². The van der Waals surface area contributed by atoms with Gasteiger partial charge in [0.15, 0.2) is 5.65 Å². The van der Waals surface area contributed by atoms with E-state index < -0.39 is 0 Å². The maximum absolute atomic E-state index is 5.10. The molecule has 134 valence electrons. The van der Waals surface area contributed by atoms with Gasteiger partial charge in [-0.15, -0.1) is 0 Å². The monoisotopic (exact) mass is 359 g/mol. The van der Waals surface area contributed by atoms with Crippen LogP contribution in [0.1, 0.15) is 11.4 Å². The van der Waals surface area contributed by atoms with Gasteiger partial charge < -0.3 is 15.0 Å². The molecule has 0 amide bonds. The normalized spacial score (nSPS) is 10.7. The number of aryl methyl sites for hydroxylation is 1. The maximum Gasteiger partial charge on any atom is 0.213 e. The zero-order valence-electron chi connectivity index (χ0n) is 14.9. The molecule has 0 unspecified atom stereocenters. The van der Waals surface area contributed by atoms with Gasteiger partial charge in [-0.25, -0.2) is 24.9 Å². The van der Waals surface area contributed by atoms with E-state index in [0.29, 0.717) is 23.2 Å². The molecule has 8 nitrogen and oxygen atoms in total. The van der Waals surface area contributed by atoms with Crippen LogP contribution in [-0.4, -0.2) is 37.0 Å². The van der Waals surface area contributed by atoms with Crippen molar-refractivity contribution in [2.24, 2.45) is 0 Å². The Morgan fingerprint density at radius 1 is 1.15 bits per heavy atom. The van der Waals surface area contributed by atoms with Crippen molar-refractivity contribution in [2.75, 3.05) is 12.4 Å². The Morgan fingerprint density at radius 2 is 2.04 bits per heavy atom. The number of methoxy groups -OCH3 is 1. The molecule has 0 saturated heterocycles. The molecule has 0 atom stereocenters. The van der Waals surface area contributed by atoms with Crippen LogP contribution < -0.4 is 10.1 Å². The van der Waals surface area contributed by atoms with Crippen molar-refractivity contribution in [2.45, 2.75) is 6.92 Å². The number of rotatable bonds is 5. The van der Waals surface area contributed by atoms with Crippen molar-refractivity contribution in [3.63, 3.8) is 0 Å². The largest absolute Gasteiger partial charge is 0.481 e. The summed E-state index contributed by atoms with van der Waals surface area (Å²) in [4.78, 5) is 25.1. The number of anilines is 2. The molecule has 27 heavy (non-hydrogen) atoms. The third-order valence-corrected chi connectivity index (χ3v) is 4.01. The molecular formula is C19H17N7O. The lowest BCUT2D eigenvalue weighted by atomic mass is 10.1. The van der Waals surface area contributed by atoms with E-state index in [1.165, 1.54) is 0 Å². The van der Waals surface area contributed by atoms with Gasteiger partial charge in [-0.2, -0.15) is 0 Å². The first-order chi connectivity index (χ1) is 13.2. The molecule has 0 fully saturated rings. The first kappa shape index (κ1) is 16.6. The molecule has 0 saturated carbocycles. The maximum atomic E-state index is 5.10. The summed E-state index contributed by atoms with van der Waals surface area (Å²) in [5.74, 6) is 1.81. The Labute approximate surface area is 155 Å². The number of fused-ring (bicyclic) bond motifs is 1. The zero-order valence-corrected chi connectivity index (χ0v) is 14.9. The van der Waals surface area contributed by atoms with Crippen molar-refractivity contribution in [3.05, 3.63) is 54.9 Å². The predicted molar refractivity (Wildman–Crippen MR) is 104 cm³/mol. The fraction of sp³-hybridized carbons (Fsp3) is 0.105. The molecule has 4 heterocycles. The second-order valence-electron chi connectivity index (χ2n) is 5.80. The topological polar surface area (TPSA) is 102 Å². The highest BCUT2D eigenvalue weighted by Gasteiger charge is 2.16. The first-order valence-electron chi connectivity index (χ1n) is 8.25. The van der Waals surface area contributed by atoms with E-state index in [4.69, 9.17) is 4.74 Å². The molecule has 4 rings (SSSR count). The van der Waals surface area contributed by atoms with Gasteiger partial charge in [0.25, 0.3) is 0 Å². The number of pyridine rings is 2. The molecule has 0 spiro atoms. The number of nitrogens with one attached hydrogen (secondary N) is 2. The van der Waals surface area contributed by atoms with Crippen LogP contribution in [0.5, 0.6) is 5.88 Å². The SMILES string of the molecule is C=Cc1cnc(Nc2ccc(OC)nc2)c(-c2nc(C)nc3nc[nH]c23)c1. The number of hydrogen-bond donors (Lipinski definition) is 2. The number of hydrogen-bond acceptors (Lipinski definition) is 7. The summed E-state index contributed by atoms with van der Waals surface area (Å²) >= 11 is 0. The molecule has 0 aliphatic rings. The third kappa shape index (κ3) is 3.20. The number of imidazole rings is 1.